The fraction of sp³-hybridized carbons (Fsp3) is 0.481. The number of likely N-dealkylation sites (tertiary alicyclic amines) is 1. The Balaban J connectivity index is 1.32. The zero-order valence-corrected chi connectivity index (χ0v) is 19.4. The van der Waals surface area contributed by atoms with Gasteiger partial charge < -0.3 is 9.80 Å². The average Bonchev–Trinajstić information content (AvgIpc) is 3.06. The molecular weight excluding hydrogens is 398 g/mol. The van der Waals surface area contributed by atoms with Crippen molar-refractivity contribution in [2.24, 2.45) is 5.92 Å². The highest BCUT2D eigenvalue weighted by molar-refractivity contribution is 5.94. The van der Waals surface area contributed by atoms with Crippen molar-refractivity contribution in [1.82, 2.24) is 14.7 Å². The fourth-order valence-corrected chi connectivity index (χ4v) is 4.80. The van der Waals surface area contributed by atoms with Crippen molar-refractivity contribution in [3.05, 3.63) is 70.8 Å². The summed E-state index contributed by atoms with van der Waals surface area (Å²) in [5, 5.41) is 0. The molecule has 170 valence electrons. The van der Waals surface area contributed by atoms with Crippen LogP contribution < -0.4 is 0 Å². The number of hydrogen-bond acceptors (Lipinski definition) is 3. The number of carbonyl (C=O) groups excluding carboxylic acids is 2. The Morgan fingerprint density at radius 1 is 0.781 bits per heavy atom. The van der Waals surface area contributed by atoms with E-state index in [9.17, 15) is 9.59 Å². The van der Waals surface area contributed by atoms with Crippen LogP contribution in [0.25, 0.3) is 0 Å². The third kappa shape index (κ3) is 5.57. The Bertz CT molecular complexity index is 923. The van der Waals surface area contributed by atoms with Crippen LogP contribution in [0, 0.1) is 19.8 Å². The Morgan fingerprint density at radius 2 is 1.44 bits per heavy atom. The molecule has 2 aliphatic rings. The number of aryl methyl sites for hydroxylation is 2. The summed E-state index contributed by atoms with van der Waals surface area (Å²) in [5.41, 5.74) is 4.47. The van der Waals surface area contributed by atoms with E-state index < -0.39 is 0 Å². The predicted octanol–water partition coefficient (Wildman–Crippen LogP) is 3.89. The molecule has 1 atom stereocenters. The normalized spacial score (nSPS) is 20.1. The molecule has 32 heavy (non-hydrogen) atoms. The van der Waals surface area contributed by atoms with E-state index in [1.54, 1.807) is 0 Å². The Labute approximate surface area is 192 Å². The van der Waals surface area contributed by atoms with Gasteiger partial charge in [-0.3, -0.25) is 14.5 Å². The number of amides is 2. The maximum Gasteiger partial charge on any atom is 0.253 e. The predicted molar refractivity (Wildman–Crippen MR) is 127 cm³/mol. The molecular formula is C27H35N3O2. The van der Waals surface area contributed by atoms with E-state index in [2.05, 4.69) is 36.1 Å². The lowest BCUT2D eigenvalue weighted by Gasteiger charge is -2.35. The molecule has 2 aliphatic heterocycles. The first-order chi connectivity index (χ1) is 15.5. The van der Waals surface area contributed by atoms with Crippen molar-refractivity contribution >= 4 is 11.8 Å². The maximum absolute atomic E-state index is 13.3. The van der Waals surface area contributed by atoms with Gasteiger partial charge in [0, 0.05) is 51.4 Å². The van der Waals surface area contributed by atoms with Gasteiger partial charge in [-0.15, -0.1) is 0 Å². The summed E-state index contributed by atoms with van der Waals surface area (Å²) in [7, 11) is 0. The van der Waals surface area contributed by atoms with E-state index in [0.29, 0.717) is 12.1 Å². The Morgan fingerprint density at radius 3 is 2.16 bits per heavy atom. The number of carbonyl (C=O) groups is 2. The van der Waals surface area contributed by atoms with Crippen LogP contribution in [0.1, 0.15) is 46.3 Å². The van der Waals surface area contributed by atoms with Crippen LogP contribution in [0.15, 0.2) is 48.5 Å². The van der Waals surface area contributed by atoms with Crippen molar-refractivity contribution in [3.8, 4) is 0 Å². The first kappa shape index (κ1) is 22.5. The average molecular weight is 434 g/mol. The first-order valence-electron chi connectivity index (χ1n) is 11.9. The van der Waals surface area contributed by atoms with Gasteiger partial charge in [-0.1, -0.05) is 47.5 Å². The molecule has 0 spiro atoms. The van der Waals surface area contributed by atoms with E-state index >= 15 is 0 Å². The van der Waals surface area contributed by atoms with Gasteiger partial charge in [0.2, 0.25) is 5.91 Å². The van der Waals surface area contributed by atoms with E-state index in [1.807, 2.05) is 41.0 Å². The molecule has 2 fully saturated rings. The molecule has 2 heterocycles. The third-order valence-corrected chi connectivity index (χ3v) is 6.78. The molecule has 0 saturated carbocycles. The standard InChI is InChI=1S/C27H35N3O2/c1-21-6-10-23(11-7-21)19-28-14-4-16-29(18-17-28)27(32)25-5-3-15-30(20-25)26(31)24-12-8-22(2)9-13-24/h6-13,25H,3-5,14-20H2,1-2H3/t25-/m1/s1. The summed E-state index contributed by atoms with van der Waals surface area (Å²) in [5.74, 6) is 0.188. The number of rotatable bonds is 4. The van der Waals surface area contributed by atoms with Gasteiger partial charge in [-0.25, -0.2) is 0 Å². The molecule has 0 aromatic heterocycles. The van der Waals surface area contributed by atoms with Gasteiger partial charge in [0.15, 0.2) is 0 Å². The molecule has 5 nitrogen and oxygen atoms in total. The molecule has 4 rings (SSSR count). The molecule has 0 N–H and O–H groups in total. The molecule has 5 heteroatoms. The summed E-state index contributed by atoms with van der Waals surface area (Å²) < 4.78 is 0. The van der Waals surface area contributed by atoms with Crippen LogP contribution in [0.5, 0.6) is 0 Å². The largest absolute Gasteiger partial charge is 0.341 e. The SMILES string of the molecule is Cc1ccc(CN2CCCN(C(=O)[C@@H]3CCCN(C(=O)c4ccc(C)cc4)C3)CC2)cc1. The van der Waals surface area contributed by atoms with Crippen molar-refractivity contribution in [2.75, 3.05) is 39.3 Å². The maximum atomic E-state index is 13.3. The monoisotopic (exact) mass is 433 g/mol. The van der Waals surface area contributed by atoms with Crippen LogP contribution in [-0.4, -0.2) is 65.8 Å². The highest BCUT2D eigenvalue weighted by Crippen LogP contribution is 2.22. The molecule has 0 radical (unpaired) electrons. The molecule has 0 unspecified atom stereocenters. The van der Waals surface area contributed by atoms with Crippen molar-refractivity contribution in [1.29, 1.82) is 0 Å². The van der Waals surface area contributed by atoms with Gasteiger partial charge >= 0.3 is 0 Å². The second-order valence-corrected chi connectivity index (χ2v) is 9.40. The minimum atomic E-state index is -0.0817. The topological polar surface area (TPSA) is 43.9 Å². The fourth-order valence-electron chi connectivity index (χ4n) is 4.80. The summed E-state index contributed by atoms with van der Waals surface area (Å²) in [6.07, 6.45) is 2.76. The van der Waals surface area contributed by atoms with Gasteiger partial charge in [0.25, 0.3) is 5.91 Å². The quantitative estimate of drug-likeness (QED) is 0.735. The lowest BCUT2D eigenvalue weighted by molar-refractivity contribution is -0.136. The molecule has 0 bridgehead atoms. The summed E-state index contributed by atoms with van der Waals surface area (Å²) >= 11 is 0. The number of nitrogens with zero attached hydrogens (tertiary/aromatic N) is 3. The highest BCUT2D eigenvalue weighted by Gasteiger charge is 2.32. The van der Waals surface area contributed by atoms with Gasteiger partial charge in [0.1, 0.15) is 0 Å². The first-order valence-corrected chi connectivity index (χ1v) is 11.9. The Kier molecular flexibility index (Phi) is 7.26. The minimum Gasteiger partial charge on any atom is -0.341 e. The number of piperidine rings is 1. The van der Waals surface area contributed by atoms with Gasteiger partial charge in [-0.05, 0) is 50.8 Å². The second kappa shape index (κ2) is 10.3. The van der Waals surface area contributed by atoms with E-state index in [4.69, 9.17) is 0 Å². The molecule has 0 aliphatic carbocycles. The second-order valence-electron chi connectivity index (χ2n) is 9.40. The zero-order valence-electron chi connectivity index (χ0n) is 19.4. The molecule has 2 amide bonds. The van der Waals surface area contributed by atoms with Gasteiger partial charge in [0.05, 0.1) is 5.92 Å². The molecule has 2 saturated heterocycles. The van der Waals surface area contributed by atoms with Gasteiger partial charge in [-0.2, -0.15) is 0 Å². The smallest absolute Gasteiger partial charge is 0.253 e. The van der Waals surface area contributed by atoms with Crippen LogP contribution in [-0.2, 0) is 11.3 Å². The zero-order chi connectivity index (χ0) is 22.5. The number of hydrogen-bond donors (Lipinski definition) is 0. The van der Waals surface area contributed by atoms with E-state index in [-0.39, 0.29) is 17.7 Å². The van der Waals surface area contributed by atoms with Crippen LogP contribution in [0.3, 0.4) is 0 Å². The lowest BCUT2D eigenvalue weighted by atomic mass is 9.95. The highest BCUT2D eigenvalue weighted by atomic mass is 16.2. The Hall–Kier alpha value is -2.66. The van der Waals surface area contributed by atoms with Crippen LogP contribution >= 0.6 is 0 Å². The van der Waals surface area contributed by atoms with Crippen molar-refractivity contribution in [2.45, 2.75) is 39.7 Å². The van der Waals surface area contributed by atoms with E-state index in [0.717, 1.165) is 64.1 Å². The minimum absolute atomic E-state index is 0.0441. The third-order valence-electron chi connectivity index (χ3n) is 6.78. The summed E-state index contributed by atoms with van der Waals surface area (Å²) in [6.45, 7) is 9.84. The van der Waals surface area contributed by atoms with E-state index in [1.165, 1.54) is 11.1 Å². The lowest BCUT2D eigenvalue weighted by Crippen LogP contribution is -2.47. The van der Waals surface area contributed by atoms with Crippen molar-refractivity contribution < 1.29 is 9.59 Å². The number of benzene rings is 2. The van der Waals surface area contributed by atoms with Crippen LogP contribution in [0.4, 0.5) is 0 Å². The summed E-state index contributed by atoms with van der Waals surface area (Å²) in [6, 6.07) is 16.4. The van der Waals surface area contributed by atoms with Crippen LogP contribution in [0.2, 0.25) is 0 Å². The molecule has 2 aromatic carbocycles. The summed E-state index contributed by atoms with van der Waals surface area (Å²) in [4.78, 5) is 32.6. The molecule has 2 aromatic rings. The van der Waals surface area contributed by atoms with Crippen molar-refractivity contribution in [3.63, 3.8) is 0 Å².